The second-order valence-corrected chi connectivity index (χ2v) is 4.77. The maximum Gasteiger partial charge on any atom is 0.138 e. The van der Waals surface area contributed by atoms with Crippen LogP contribution in [0.2, 0.25) is 5.02 Å². The van der Waals surface area contributed by atoms with E-state index in [1.165, 1.54) is 0 Å². The normalized spacial score (nSPS) is 14.1. The highest BCUT2D eigenvalue weighted by Gasteiger charge is 2.10. The first-order valence-electron chi connectivity index (χ1n) is 6.45. The highest BCUT2D eigenvalue weighted by atomic mass is 35.5. The van der Waals surface area contributed by atoms with Crippen molar-refractivity contribution in [3.8, 4) is 5.75 Å². The minimum absolute atomic E-state index is 0.208. The quantitative estimate of drug-likeness (QED) is 0.730. The maximum atomic E-state index is 9.84. The molecule has 0 radical (unpaired) electrons. The third-order valence-electron chi connectivity index (χ3n) is 2.77. The van der Waals surface area contributed by atoms with Gasteiger partial charge in [-0.05, 0) is 18.6 Å². The lowest BCUT2D eigenvalue weighted by Crippen LogP contribution is -2.40. The lowest BCUT2D eigenvalue weighted by Gasteiger charge is -2.19. The number of nitrogens with one attached hydrogen (secondary N) is 1. The summed E-state index contributed by atoms with van der Waals surface area (Å²) in [4.78, 5) is 0. The lowest BCUT2D eigenvalue weighted by molar-refractivity contribution is 0.0953. The molecule has 1 aromatic rings. The van der Waals surface area contributed by atoms with Crippen LogP contribution in [0.15, 0.2) is 24.3 Å². The second kappa shape index (κ2) is 9.15. The molecule has 0 spiro atoms. The van der Waals surface area contributed by atoms with Crippen molar-refractivity contribution in [3.63, 3.8) is 0 Å². The zero-order valence-electron chi connectivity index (χ0n) is 11.4. The van der Waals surface area contributed by atoms with Gasteiger partial charge in [-0.3, -0.25) is 0 Å². The molecule has 1 aromatic carbocycles. The molecule has 2 unspecified atom stereocenters. The van der Waals surface area contributed by atoms with Crippen LogP contribution in [0.3, 0.4) is 0 Å². The highest BCUT2D eigenvalue weighted by Crippen LogP contribution is 2.22. The van der Waals surface area contributed by atoms with Gasteiger partial charge in [0.05, 0.1) is 11.6 Å². The molecule has 0 aliphatic rings. The summed E-state index contributed by atoms with van der Waals surface area (Å²) >= 11 is 5.96. The molecule has 0 aliphatic heterocycles. The Labute approximate surface area is 119 Å². The maximum absolute atomic E-state index is 9.84. The SMILES string of the molecule is CCC(COC)NCC(O)COc1ccccc1Cl. The second-order valence-electron chi connectivity index (χ2n) is 4.36. The molecule has 108 valence electrons. The molecular weight excluding hydrogens is 266 g/mol. The van der Waals surface area contributed by atoms with Crippen LogP contribution in [-0.4, -0.2) is 44.1 Å². The summed E-state index contributed by atoms with van der Waals surface area (Å²) in [7, 11) is 1.67. The van der Waals surface area contributed by atoms with Crippen molar-refractivity contribution in [3.05, 3.63) is 29.3 Å². The van der Waals surface area contributed by atoms with E-state index in [1.807, 2.05) is 12.1 Å². The molecule has 0 saturated carbocycles. The Hall–Kier alpha value is -0.810. The zero-order chi connectivity index (χ0) is 14.1. The largest absolute Gasteiger partial charge is 0.489 e. The molecule has 2 N–H and O–H groups in total. The summed E-state index contributed by atoms with van der Waals surface area (Å²) in [5, 5.41) is 13.6. The van der Waals surface area contributed by atoms with E-state index in [2.05, 4.69) is 12.2 Å². The third kappa shape index (κ3) is 6.25. The van der Waals surface area contributed by atoms with Crippen molar-refractivity contribution >= 4 is 11.6 Å². The topological polar surface area (TPSA) is 50.7 Å². The molecule has 0 aliphatic carbocycles. The predicted molar refractivity (Wildman–Crippen MR) is 76.9 cm³/mol. The van der Waals surface area contributed by atoms with Crippen LogP contribution in [0, 0.1) is 0 Å². The van der Waals surface area contributed by atoms with Gasteiger partial charge in [0.2, 0.25) is 0 Å². The van der Waals surface area contributed by atoms with Gasteiger partial charge in [-0.2, -0.15) is 0 Å². The number of methoxy groups -OCH3 is 1. The third-order valence-corrected chi connectivity index (χ3v) is 3.08. The zero-order valence-corrected chi connectivity index (χ0v) is 12.2. The number of hydrogen-bond donors (Lipinski definition) is 2. The van der Waals surface area contributed by atoms with E-state index in [4.69, 9.17) is 21.1 Å². The van der Waals surface area contributed by atoms with Gasteiger partial charge in [-0.1, -0.05) is 30.7 Å². The van der Waals surface area contributed by atoms with Gasteiger partial charge in [-0.15, -0.1) is 0 Å². The van der Waals surface area contributed by atoms with Crippen molar-refractivity contribution < 1.29 is 14.6 Å². The summed E-state index contributed by atoms with van der Waals surface area (Å²) in [6.45, 7) is 3.38. The molecule has 0 bridgehead atoms. The average molecular weight is 288 g/mol. The van der Waals surface area contributed by atoms with Gasteiger partial charge < -0.3 is 19.9 Å². The number of hydrogen-bond acceptors (Lipinski definition) is 4. The van der Waals surface area contributed by atoms with Gasteiger partial charge >= 0.3 is 0 Å². The fourth-order valence-electron chi connectivity index (χ4n) is 1.63. The van der Waals surface area contributed by atoms with Gasteiger partial charge in [0.1, 0.15) is 18.5 Å². The van der Waals surface area contributed by atoms with Gasteiger partial charge in [0, 0.05) is 19.7 Å². The fraction of sp³-hybridized carbons (Fsp3) is 0.571. The molecule has 0 fully saturated rings. The summed E-state index contributed by atoms with van der Waals surface area (Å²) in [6, 6.07) is 7.47. The first kappa shape index (κ1) is 16.2. The number of para-hydroxylation sites is 1. The van der Waals surface area contributed by atoms with E-state index < -0.39 is 6.10 Å². The Bertz CT molecular complexity index is 362. The molecule has 5 heteroatoms. The molecule has 4 nitrogen and oxygen atoms in total. The number of rotatable bonds is 9. The standard InChI is InChI=1S/C14H22ClNO3/c1-3-11(9-18-2)16-8-12(17)10-19-14-7-5-4-6-13(14)15/h4-7,11-12,16-17H,3,8-10H2,1-2H3. The van der Waals surface area contributed by atoms with Gasteiger partial charge in [0.25, 0.3) is 0 Å². The number of aliphatic hydroxyl groups is 1. The summed E-state index contributed by atoms with van der Waals surface area (Å²) in [5.74, 6) is 0.590. The molecule has 2 atom stereocenters. The molecule has 0 aromatic heterocycles. The minimum Gasteiger partial charge on any atom is -0.489 e. The average Bonchev–Trinajstić information content (AvgIpc) is 2.42. The van der Waals surface area contributed by atoms with Crippen LogP contribution in [0.25, 0.3) is 0 Å². The Morgan fingerprint density at radius 1 is 1.32 bits per heavy atom. The van der Waals surface area contributed by atoms with Crippen molar-refractivity contribution in [2.24, 2.45) is 0 Å². The molecule has 19 heavy (non-hydrogen) atoms. The number of benzene rings is 1. The molecule has 0 saturated heterocycles. The van der Waals surface area contributed by atoms with E-state index in [9.17, 15) is 5.11 Å². The first-order valence-corrected chi connectivity index (χ1v) is 6.82. The highest BCUT2D eigenvalue weighted by molar-refractivity contribution is 6.32. The lowest BCUT2D eigenvalue weighted by atomic mass is 10.2. The first-order chi connectivity index (χ1) is 9.17. The number of halogens is 1. The number of aliphatic hydroxyl groups excluding tert-OH is 1. The monoisotopic (exact) mass is 287 g/mol. The van der Waals surface area contributed by atoms with Crippen LogP contribution in [0.1, 0.15) is 13.3 Å². The summed E-state index contributed by atoms with van der Waals surface area (Å²) in [6.07, 6.45) is 0.369. The Morgan fingerprint density at radius 3 is 2.68 bits per heavy atom. The fourth-order valence-corrected chi connectivity index (χ4v) is 1.82. The number of ether oxygens (including phenoxy) is 2. The minimum atomic E-state index is -0.581. The summed E-state index contributed by atoms with van der Waals surface area (Å²) in [5.41, 5.74) is 0. The molecular formula is C14H22ClNO3. The van der Waals surface area contributed by atoms with Crippen LogP contribution in [0.5, 0.6) is 5.75 Å². The van der Waals surface area contributed by atoms with E-state index in [-0.39, 0.29) is 12.6 Å². The van der Waals surface area contributed by atoms with Crippen molar-refractivity contribution in [2.45, 2.75) is 25.5 Å². The van der Waals surface area contributed by atoms with Crippen molar-refractivity contribution in [2.75, 3.05) is 26.9 Å². The predicted octanol–water partition coefficient (Wildman–Crippen LogP) is 2.09. The Kier molecular flexibility index (Phi) is 7.82. The van der Waals surface area contributed by atoms with Crippen LogP contribution in [0.4, 0.5) is 0 Å². The van der Waals surface area contributed by atoms with Crippen molar-refractivity contribution in [1.82, 2.24) is 5.32 Å². The summed E-state index contributed by atoms with van der Waals surface area (Å²) < 4.78 is 10.6. The van der Waals surface area contributed by atoms with Gasteiger partial charge in [0.15, 0.2) is 0 Å². The van der Waals surface area contributed by atoms with Gasteiger partial charge in [-0.25, -0.2) is 0 Å². The van der Waals surface area contributed by atoms with Crippen molar-refractivity contribution in [1.29, 1.82) is 0 Å². The molecule has 1 rings (SSSR count). The van der Waals surface area contributed by atoms with Crippen LogP contribution < -0.4 is 10.1 Å². The van der Waals surface area contributed by atoms with E-state index in [1.54, 1.807) is 19.2 Å². The van der Waals surface area contributed by atoms with Crippen LogP contribution in [-0.2, 0) is 4.74 Å². The Morgan fingerprint density at radius 2 is 2.05 bits per heavy atom. The van der Waals surface area contributed by atoms with E-state index in [0.717, 1.165) is 6.42 Å². The van der Waals surface area contributed by atoms with Crippen LogP contribution >= 0.6 is 11.6 Å². The Balaban J connectivity index is 2.28. The van der Waals surface area contributed by atoms with E-state index >= 15 is 0 Å². The molecule has 0 amide bonds. The van der Waals surface area contributed by atoms with E-state index in [0.29, 0.717) is 23.9 Å². The smallest absolute Gasteiger partial charge is 0.138 e. The molecule has 0 heterocycles.